The summed E-state index contributed by atoms with van der Waals surface area (Å²) in [6, 6.07) is 21.0. The number of anilines is 1. The number of rotatable bonds is 4. The molecule has 0 radical (unpaired) electrons. The van der Waals surface area contributed by atoms with Crippen molar-refractivity contribution in [1.29, 1.82) is 0 Å². The number of carbonyl (C=O) groups is 4. The first-order valence-corrected chi connectivity index (χ1v) is 11.7. The molecule has 0 atom stereocenters. The molecule has 0 spiro atoms. The molecule has 0 bridgehead atoms. The lowest BCUT2D eigenvalue weighted by Crippen LogP contribution is -2.46. The summed E-state index contributed by atoms with van der Waals surface area (Å²) >= 11 is 0. The minimum atomic E-state index is -0.420. The summed E-state index contributed by atoms with van der Waals surface area (Å²) in [5.74, 6) is -1.10. The van der Waals surface area contributed by atoms with Crippen molar-refractivity contribution in [1.82, 2.24) is 10.2 Å². The van der Waals surface area contributed by atoms with Crippen LogP contribution < -0.4 is 10.2 Å². The zero-order chi connectivity index (χ0) is 24.5. The molecule has 5 rings (SSSR count). The first-order chi connectivity index (χ1) is 16.9. The SMILES string of the molecule is Cc1ccccc1N1C(=O)c2ccc(C(=O)N3CCC(NC(=O)c4ccccc4)CC3)cc2C1=O. The number of imide groups is 1. The van der Waals surface area contributed by atoms with Crippen LogP contribution in [0.4, 0.5) is 5.69 Å². The van der Waals surface area contributed by atoms with E-state index in [0.717, 1.165) is 5.56 Å². The fourth-order valence-electron chi connectivity index (χ4n) is 4.67. The number of hydrogen-bond acceptors (Lipinski definition) is 4. The maximum Gasteiger partial charge on any atom is 0.266 e. The van der Waals surface area contributed by atoms with Gasteiger partial charge in [-0.05, 0) is 61.7 Å². The number of fused-ring (bicyclic) bond motifs is 1. The molecular formula is C28H25N3O4. The molecule has 0 saturated carbocycles. The van der Waals surface area contributed by atoms with E-state index in [-0.39, 0.29) is 29.3 Å². The van der Waals surface area contributed by atoms with E-state index in [9.17, 15) is 19.2 Å². The van der Waals surface area contributed by atoms with Crippen LogP contribution in [0.2, 0.25) is 0 Å². The molecule has 2 aliphatic heterocycles. The Balaban J connectivity index is 1.26. The third kappa shape index (κ3) is 4.21. The Bertz CT molecular complexity index is 1330. The van der Waals surface area contributed by atoms with Gasteiger partial charge in [0.1, 0.15) is 0 Å². The quantitative estimate of drug-likeness (QED) is 0.591. The predicted molar refractivity (Wildman–Crippen MR) is 132 cm³/mol. The number of nitrogens with one attached hydrogen (secondary N) is 1. The molecule has 0 aromatic heterocycles. The largest absolute Gasteiger partial charge is 0.349 e. The van der Waals surface area contributed by atoms with Gasteiger partial charge in [-0.25, -0.2) is 4.90 Å². The third-order valence-corrected chi connectivity index (χ3v) is 6.64. The smallest absolute Gasteiger partial charge is 0.266 e. The first kappa shape index (κ1) is 22.5. The normalized spacial score (nSPS) is 15.8. The number of aryl methyl sites for hydroxylation is 1. The highest BCUT2D eigenvalue weighted by Crippen LogP contribution is 2.31. The summed E-state index contributed by atoms with van der Waals surface area (Å²) < 4.78 is 0. The van der Waals surface area contributed by atoms with Crippen LogP contribution in [0, 0.1) is 6.92 Å². The number of likely N-dealkylation sites (tertiary alicyclic amines) is 1. The van der Waals surface area contributed by atoms with Crippen LogP contribution in [0.1, 0.15) is 59.8 Å². The van der Waals surface area contributed by atoms with Crippen LogP contribution in [0.15, 0.2) is 72.8 Å². The molecule has 2 heterocycles. The van der Waals surface area contributed by atoms with Crippen LogP contribution in [-0.4, -0.2) is 47.7 Å². The number of nitrogens with zero attached hydrogens (tertiary/aromatic N) is 2. The summed E-state index contributed by atoms with van der Waals surface area (Å²) in [6.07, 6.45) is 1.29. The van der Waals surface area contributed by atoms with Gasteiger partial charge in [-0.2, -0.15) is 0 Å². The van der Waals surface area contributed by atoms with E-state index in [1.165, 1.54) is 11.0 Å². The molecule has 0 unspecified atom stereocenters. The molecule has 3 aromatic carbocycles. The van der Waals surface area contributed by atoms with E-state index >= 15 is 0 Å². The van der Waals surface area contributed by atoms with E-state index < -0.39 is 5.91 Å². The van der Waals surface area contributed by atoms with Gasteiger partial charge in [0.15, 0.2) is 0 Å². The topological polar surface area (TPSA) is 86.8 Å². The Morgan fingerprint density at radius 1 is 0.800 bits per heavy atom. The lowest BCUT2D eigenvalue weighted by molar-refractivity contribution is 0.0697. The molecule has 7 heteroatoms. The molecule has 0 aliphatic carbocycles. The molecule has 2 aliphatic rings. The van der Waals surface area contributed by atoms with Gasteiger partial charge in [-0.15, -0.1) is 0 Å². The summed E-state index contributed by atoms with van der Waals surface area (Å²) in [5.41, 5.74) is 2.91. The second-order valence-electron chi connectivity index (χ2n) is 8.90. The van der Waals surface area contributed by atoms with Gasteiger partial charge < -0.3 is 10.2 Å². The summed E-state index contributed by atoms with van der Waals surface area (Å²) in [7, 11) is 0. The van der Waals surface area contributed by atoms with Crippen molar-refractivity contribution in [3.63, 3.8) is 0 Å². The number of amides is 4. The molecule has 1 N–H and O–H groups in total. The van der Waals surface area contributed by atoms with Crippen LogP contribution >= 0.6 is 0 Å². The minimum absolute atomic E-state index is 0.00588. The monoisotopic (exact) mass is 467 g/mol. The predicted octanol–water partition coefficient (Wildman–Crippen LogP) is 3.83. The van der Waals surface area contributed by atoms with Crippen molar-refractivity contribution in [2.24, 2.45) is 0 Å². The van der Waals surface area contributed by atoms with E-state index in [4.69, 9.17) is 0 Å². The highest BCUT2D eigenvalue weighted by Gasteiger charge is 2.38. The second kappa shape index (κ2) is 9.18. The average molecular weight is 468 g/mol. The fraction of sp³-hybridized carbons (Fsp3) is 0.214. The van der Waals surface area contributed by atoms with Crippen molar-refractivity contribution in [2.75, 3.05) is 18.0 Å². The lowest BCUT2D eigenvalue weighted by Gasteiger charge is -2.32. The van der Waals surface area contributed by atoms with Gasteiger partial charge >= 0.3 is 0 Å². The summed E-state index contributed by atoms with van der Waals surface area (Å²) in [6.45, 7) is 2.84. The van der Waals surface area contributed by atoms with E-state index in [1.807, 2.05) is 37.3 Å². The average Bonchev–Trinajstić information content (AvgIpc) is 3.14. The number of para-hydroxylation sites is 1. The van der Waals surface area contributed by atoms with Gasteiger partial charge in [0, 0.05) is 30.3 Å². The van der Waals surface area contributed by atoms with Crippen LogP contribution in [0.3, 0.4) is 0 Å². The zero-order valence-electron chi connectivity index (χ0n) is 19.4. The number of carbonyl (C=O) groups excluding carboxylic acids is 4. The Kier molecular flexibility index (Phi) is 5.91. The molecule has 7 nitrogen and oxygen atoms in total. The van der Waals surface area contributed by atoms with E-state index in [0.29, 0.717) is 48.3 Å². The van der Waals surface area contributed by atoms with Crippen molar-refractivity contribution in [2.45, 2.75) is 25.8 Å². The van der Waals surface area contributed by atoms with Gasteiger partial charge in [0.2, 0.25) is 0 Å². The Morgan fingerprint density at radius 2 is 1.46 bits per heavy atom. The third-order valence-electron chi connectivity index (χ3n) is 6.64. The standard InChI is InChI=1S/C28H25N3O4/c1-18-7-5-6-10-24(18)31-27(34)22-12-11-20(17-23(22)28(31)35)26(33)30-15-13-21(14-16-30)29-25(32)19-8-3-2-4-9-19/h2-12,17,21H,13-16H2,1H3,(H,29,32). The molecule has 176 valence electrons. The molecule has 4 amide bonds. The zero-order valence-corrected chi connectivity index (χ0v) is 19.4. The summed E-state index contributed by atoms with van der Waals surface area (Å²) in [4.78, 5) is 54.5. The van der Waals surface area contributed by atoms with Crippen molar-refractivity contribution >= 4 is 29.3 Å². The molecule has 1 saturated heterocycles. The molecule has 35 heavy (non-hydrogen) atoms. The van der Waals surface area contributed by atoms with Gasteiger partial charge in [-0.3, -0.25) is 19.2 Å². The van der Waals surface area contributed by atoms with Crippen molar-refractivity contribution < 1.29 is 19.2 Å². The van der Waals surface area contributed by atoms with Crippen LogP contribution in [-0.2, 0) is 0 Å². The van der Waals surface area contributed by atoms with Gasteiger partial charge in [-0.1, -0.05) is 36.4 Å². The maximum atomic E-state index is 13.2. The molecular weight excluding hydrogens is 442 g/mol. The fourth-order valence-corrected chi connectivity index (χ4v) is 4.67. The highest BCUT2D eigenvalue weighted by molar-refractivity contribution is 6.35. The Hall–Kier alpha value is -4.26. The Labute approximate surface area is 203 Å². The first-order valence-electron chi connectivity index (χ1n) is 11.7. The minimum Gasteiger partial charge on any atom is -0.349 e. The van der Waals surface area contributed by atoms with E-state index in [1.54, 1.807) is 41.3 Å². The number of hydrogen-bond donors (Lipinski definition) is 1. The second-order valence-corrected chi connectivity index (χ2v) is 8.90. The van der Waals surface area contributed by atoms with Crippen LogP contribution in [0.25, 0.3) is 0 Å². The summed E-state index contributed by atoms with van der Waals surface area (Å²) in [5, 5.41) is 3.04. The van der Waals surface area contributed by atoms with Gasteiger partial charge in [0.05, 0.1) is 16.8 Å². The van der Waals surface area contributed by atoms with Crippen LogP contribution in [0.5, 0.6) is 0 Å². The maximum absolute atomic E-state index is 13.2. The Morgan fingerprint density at radius 3 is 2.17 bits per heavy atom. The highest BCUT2D eigenvalue weighted by atomic mass is 16.2. The molecule has 1 fully saturated rings. The van der Waals surface area contributed by atoms with Gasteiger partial charge in [0.25, 0.3) is 23.6 Å². The number of piperidine rings is 1. The van der Waals surface area contributed by atoms with Crippen molar-refractivity contribution in [3.8, 4) is 0 Å². The lowest BCUT2D eigenvalue weighted by atomic mass is 10.0. The van der Waals surface area contributed by atoms with E-state index in [2.05, 4.69) is 5.32 Å². The number of benzene rings is 3. The molecule has 3 aromatic rings. The van der Waals surface area contributed by atoms with Crippen molar-refractivity contribution in [3.05, 3.63) is 101 Å².